The molecule has 8 heteroatoms. The van der Waals surface area contributed by atoms with Crippen molar-refractivity contribution in [1.29, 1.82) is 5.41 Å². The van der Waals surface area contributed by atoms with E-state index in [1.807, 2.05) is 30.2 Å². The fourth-order valence-electron chi connectivity index (χ4n) is 3.16. The molecule has 1 amide bonds. The largest absolute Gasteiger partial charge is 0.369 e. The lowest BCUT2D eigenvalue weighted by atomic mass is 10.0. The fourth-order valence-corrected chi connectivity index (χ4v) is 3.31. The lowest BCUT2D eigenvalue weighted by Crippen LogP contribution is -2.34. The van der Waals surface area contributed by atoms with Crippen molar-refractivity contribution in [3.8, 4) is 0 Å². The minimum atomic E-state index is -1.04. The van der Waals surface area contributed by atoms with Gasteiger partial charge >= 0.3 is 0 Å². The van der Waals surface area contributed by atoms with Crippen LogP contribution in [0.2, 0.25) is 0 Å². The van der Waals surface area contributed by atoms with Crippen molar-refractivity contribution < 1.29 is 9.90 Å². The summed E-state index contributed by atoms with van der Waals surface area (Å²) >= 11 is 5.98. The number of hydrogen-bond donors (Lipinski definition) is 4. The molecule has 0 bridgehead atoms. The van der Waals surface area contributed by atoms with E-state index < -0.39 is 6.23 Å². The van der Waals surface area contributed by atoms with Crippen molar-refractivity contribution in [2.75, 3.05) is 18.9 Å². The number of halogens is 1. The lowest BCUT2D eigenvalue weighted by molar-refractivity contribution is -0.112. The van der Waals surface area contributed by atoms with Crippen molar-refractivity contribution in [3.63, 3.8) is 0 Å². The average molecular weight is 428 g/mol. The first-order valence-corrected chi connectivity index (χ1v) is 10.2. The van der Waals surface area contributed by atoms with Gasteiger partial charge in [0, 0.05) is 23.9 Å². The second-order valence-electron chi connectivity index (χ2n) is 7.21. The minimum Gasteiger partial charge on any atom is -0.369 e. The van der Waals surface area contributed by atoms with E-state index in [-0.39, 0.29) is 17.3 Å². The maximum absolute atomic E-state index is 12.7. The Bertz CT molecular complexity index is 937. The number of likely N-dealkylation sites (N-methyl/N-ethyl adjacent to an activating group) is 1. The van der Waals surface area contributed by atoms with Crippen molar-refractivity contribution in [3.05, 3.63) is 65.8 Å². The number of dihydropyridines is 1. The SMILES string of the molecule is CC(=N)N(C)C1C=CC(C(=O)Nc2ccccc2C(O)NC2=NCC(Cl)C=C2)=CC1. The second kappa shape index (κ2) is 9.73. The van der Waals surface area contributed by atoms with Crippen LogP contribution in [0.1, 0.15) is 25.1 Å². The van der Waals surface area contributed by atoms with Crippen LogP contribution in [0.25, 0.3) is 0 Å². The van der Waals surface area contributed by atoms with E-state index in [2.05, 4.69) is 15.6 Å². The Morgan fingerprint density at radius 3 is 2.73 bits per heavy atom. The van der Waals surface area contributed by atoms with Gasteiger partial charge in [-0.2, -0.15) is 0 Å². The fraction of sp³-hybridized carbons (Fsp3) is 0.318. The normalized spacial score (nSPS) is 21.3. The predicted molar refractivity (Wildman–Crippen MR) is 121 cm³/mol. The van der Waals surface area contributed by atoms with Crippen molar-refractivity contribution >= 4 is 34.9 Å². The highest BCUT2D eigenvalue weighted by molar-refractivity contribution is 6.22. The summed E-state index contributed by atoms with van der Waals surface area (Å²) in [6.07, 6.45) is 8.70. The summed E-state index contributed by atoms with van der Waals surface area (Å²) in [7, 11) is 1.86. The number of amidine groups is 2. The standard InChI is InChI=1S/C22H26ClN5O2/c1-14(24)28(2)17-10-7-15(8-11-17)21(29)26-19-6-4-3-5-18(19)22(30)27-20-12-9-16(23)13-25-20/h3-10,12,16-17,22,24,30H,11,13H2,1-2H3,(H,25,27)(H,26,29). The van der Waals surface area contributed by atoms with Crippen molar-refractivity contribution in [2.45, 2.75) is 31.0 Å². The van der Waals surface area contributed by atoms with Crippen LogP contribution in [-0.4, -0.2) is 52.6 Å². The number of carbonyl (C=O) groups excluding carboxylic acids is 1. The molecule has 2 aliphatic rings. The molecule has 3 rings (SSSR count). The van der Waals surface area contributed by atoms with Gasteiger partial charge in [0.25, 0.3) is 5.91 Å². The number of benzene rings is 1. The summed E-state index contributed by atoms with van der Waals surface area (Å²) in [5.41, 5.74) is 1.60. The Kier molecular flexibility index (Phi) is 7.07. The van der Waals surface area contributed by atoms with E-state index in [9.17, 15) is 9.90 Å². The van der Waals surface area contributed by atoms with Gasteiger partial charge in [0.05, 0.1) is 23.8 Å². The van der Waals surface area contributed by atoms with E-state index in [0.29, 0.717) is 41.5 Å². The molecule has 4 N–H and O–H groups in total. The van der Waals surface area contributed by atoms with Crippen LogP contribution >= 0.6 is 11.6 Å². The summed E-state index contributed by atoms with van der Waals surface area (Å²) in [5, 5.41) is 24.0. The van der Waals surface area contributed by atoms with Crippen LogP contribution in [0, 0.1) is 5.41 Å². The third kappa shape index (κ3) is 5.37. The molecule has 3 unspecified atom stereocenters. The van der Waals surface area contributed by atoms with E-state index in [4.69, 9.17) is 17.0 Å². The molecule has 1 heterocycles. The van der Waals surface area contributed by atoms with E-state index in [1.54, 1.807) is 43.3 Å². The summed E-state index contributed by atoms with van der Waals surface area (Å²) in [6, 6.07) is 7.14. The Labute approximate surface area is 181 Å². The van der Waals surface area contributed by atoms with E-state index in [1.165, 1.54) is 0 Å². The van der Waals surface area contributed by atoms with Gasteiger partial charge in [0.2, 0.25) is 0 Å². The number of aliphatic hydroxyl groups excluding tert-OH is 1. The Morgan fingerprint density at radius 2 is 2.10 bits per heavy atom. The number of nitrogens with one attached hydrogen (secondary N) is 3. The number of carbonyl (C=O) groups is 1. The van der Waals surface area contributed by atoms with Gasteiger partial charge in [-0.15, -0.1) is 11.6 Å². The molecule has 1 aromatic carbocycles. The molecule has 0 radical (unpaired) electrons. The van der Waals surface area contributed by atoms with E-state index in [0.717, 1.165) is 0 Å². The maximum Gasteiger partial charge on any atom is 0.255 e. The van der Waals surface area contributed by atoms with Gasteiger partial charge in [0.15, 0.2) is 6.23 Å². The number of nitrogens with zero attached hydrogens (tertiary/aromatic N) is 2. The molecule has 158 valence electrons. The Balaban J connectivity index is 1.66. The first-order valence-electron chi connectivity index (χ1n) is 9.73. The highest BCUT2D eigenvalue weighted by Crippen LogP contribution is 2.23. The smallest absolute Gasteiger partial charge is 0.255 e. The molecule has 0 saturated carbocycles. The number of amides is 1. The number of aliphatic imine (C=N–C) groups is 1. The van der Waals surface area contributed by atoms with Gasteiger partial charge < -0.3 is 20.6 Å². The zero-order chi connectivity index (χ0) is 21.7. The van der Waals surface area contributed by atoms with Gasteiger partial charge in [-0.1, -0.05) is 42.5 Å². The number of rotatable bonds is 5. The average Bonchev–Trinajstić information content (AvgIpc) is 2.75. The van der Waals surface area contributed by atoms with Gasteiger partial charge in [-0.25, -0.2) is 0 Å². The van der Waals surface area contributed by atoms with Gasteiger partial charge in [0.1, 0.15) is 5.84 Å². The monoisotopic (exact) mass is 427 g/mol. The Morgan fingerprint density at radius 1 is 1.33 bits per heavy atom. The maximum atomic E-state index is 12.7. The van der Waals surface area contributed by atoms with Gasteiger partial charge in [-0.3, -0.25) is 15.2 Å². The number of para-hydroxylation sites is 1. The van der Waals surface area contributed by atoms with Crippen LogP contribution in [0.15, 0.2) is 65.2 Å². The third-order valence-corrected chi connectivity index (χ3v) is 5.34. The zero-order valence-corrected chi connectivity index (χ0v) is 17.7. The van der Waals surface area contributed by atoms with E-state index >= 15 is 0 Å². The molecule has 0 aromatic heterocycles. The molecule has 1 aromatic rings. The van der Waals surface area contributed by atoms with Crippen LogP contribution < -0.4 is 10.6 Å². The molecule has 30 heavy (non-hydrogen) atoms. The summed E-state index contributed by atoms with van der Waals surface area (Å²) in [4.78, 5) is 18.9. The molecule has 3 atom stereocenters. The molecule has 7 nitrogen and oxygen atoms in total. The highest BCUT2D eigenvalue weighted by atomic mass is 35.5. The van der Waals surface area contributed by atoms with Crippen molar-refractivity contribution in [1.82, 2.24) is 10.2 Å². The van der Waals surface area contributed by atoms with Crippen molar-refractivity contribution in [2.24, 2.45) is 4.99 Å². The second-order valence-corrected chi connectivity index (χ2v) is 7.77. The number of aliphatic hydroxyl groups is 1. The molecular formula is C22H26ClN5O2. The number of alkyl halides is 1. The number of hydrogen-bond acceptors (Lipinski definition) is 5. The molecular weight excluding hydrogens is 402 g/mol. The predicted octanol–water partition coefficient (Wildman–Crippen LogP) is 2.97. The zero-order valence-electron chi connectivity index (χ0n) is 17.0. The first kappa shape index (κ1) is 21.8. The highest BCUT2D eigenvalue weighted by Gasteiger charge is 2.20. The van der Waals surface area contributed by atoms with Gasteiger partial charge in [-0.05, 0) is 25.5 Å². The first-order chi connectivity index (χ1) is 14.3. The quantitative estimate of drug-likeness (QED) is 0.251. The minimum absolute atomic E-state index is 0.0641. The van der Waals surface area contributed by atoms with Crippen LogP contribution in [0.4, 0.5) is 5.69 Å². The Hall–Kier alpha value is -2.90. The molecule has 1 aliphatic heterocycles. The van der Waals surface area contributed by atoms with Crippen LogP contribution in [0.3, 0.4) is 0 Å². The molecule has 0 spiro atoms. The topological polar surface area (TPSA) is 101 Å². The molecule has 0 saturated heterocycles. The third-order valence-electron chi connectivity index (χ3n) is 5.05. The lowest BCUT2D eigenvalue weighted by Gasteiger charge is -2.27. The number of anilines is 1. The summed E-state index contributed by atoms with van der Waals surface area (Å²) in [6.45, 7) is 2.18. The summed E-state index contributed by atoms with van der Waals surface area (Å²) in [5.74, 6) is 0.758. The summed E-state index contributed by atoms with van der Waals surface area (Å²) < 4.78 is 0. The molecule has 0 fully saturated rings. The van der Waals surface area contributed by atoms with Crippen LogP contribution in [0.5, 0.6) is 0 Å². The van der Waals surface area contributed by atoms with Crippen LogP contribution in [-0.2, 0) is 4.79 Å². The molecule has 1 aliphatic carbocycles.